The molecule has 0 unspecified atom stereocenters. The maximum Gasteiger partial charge on any atom is 0.408 e. The zero-order valence-corrected chi connectivity index (χ0v) is 12.6. The van der Waals surface area contributed by atoms with Gasteiger partial charge in [-0.05, 0) is 12.5 Å². The molecule has 1 aromatic carbocycles. The average molecular weight is 296 g/mol. The van der Waals surface area contributed by atoms with Gasteiger partial charge in [-0.25, -0.2) is 0 Å². The molecular formula is C16H19F3N2. The number of aromatic nitrogens is 2. The van der Waals surface area contributed by atoms with Gasteiger partial charge < -0.3 is 0 Å². The Bertz CT molecular complexity index is 616. The first kappa shape index (κ1) is 15.6. The summed E-state index contributed by atoms with van der Waals surface area (Å²) >= 11 is 0. The standard InChI is InChI=1S/C16H19F3N2/c1-11-5-7-12(8-6-11)13-9-21(10-16(17,18)19)20-14(13)15(2,3)4/h5-9H,10H2,1-4H3. The summed E-state index contributed by atoms with van der Waals surface area (Å²) in [5, 5.41) is 4.16. The zero-order chi connectivity index (χ0) is 15.8. The van der Waals surface area contributed by atoms with Crippen molar-refractivity contribution in [3.8, 4) is 11.1 Å². The van der Waals surface area contributed by atoms with Gasteiger partial charge in [-0.15, -0.1) is 0 Å². The van der Waals surface area contributed by atoms with Crippen molar-refractivity contribution in [3.63, 3.8) is 0 Å². The Labute approximate surface area is 122 Å². The van der Waals surface area contributed by atoms with Gasteiger partial charge in [0.25, 0.3) is 0 Å². The molecule has 0 aliphatic carbocycles. The third-order valence-corrected chi connectivity index (χ3v) is 3.18. The Hall–Kier alpha value is -1.78. The molecular weight excluding hydrogens is 277 g/mol. The number of hydrogen-bond acceptors (Lipinski definition) is 1. The Kier molecular flexibility index (Phi) is 3.87. The van der Waals surface area contributed by atoms with E-state index in [9.17, 15) is 13.2 Å². The van der Waals surface area contributed by atoms with Gasteiger partial charge in [0.2, 0.25) is 0 Å². The molecule has 0 saturated carbocycles. The molecule has 2 rings (SSSR count). The first-order valence-corrected chi connectivity index (χ1v) is 6.78. The number of rotatable bonds is 2. The lowest BCUT2D eigenvalue weighted by atomic mass is 9.87. The highest BCUT2D eigenvalue weighted by molar-refractivity contribution is 5.66. The minimum Gasteiger partial charge on any atom is -0.263 e. The van der Waals surface area contributed by atoms with Crippen LogP contribution in [0.3, 0.4) is 0 Å². The highest BCUT2D eigenvalue weighted by atomic mass is 19.4. The van der Waals surface area contributed by atoms with Crippen molar-refractivity contribution in [2.45, 2.75) is 45.8 Å². The molecule has 0 bridgehead atoms. The van der Waals surface area contributed by atoms with Crippen molar-refractivity contribution >= 4 is 0 Å². The van der Waals surface area contributed by atoms with Gasteiger partial charge in [-0.3, -0.25) is 4.68 Å². The molecule has 0 radical (unpaired) electrons. The lowest BCUT2D eigenvalue weighted by molar-refractivity contribution is -0.142. The Morgan fingerprint density at radius 3 is 2.10 bits per heavy atom. The van der Waals surface area contributed by atoms with Crippen LogP contribution in [-0.4, -0.2) is 16.0 Å². The van der Waals surface area contributed by atoms with Gasteiger partial charge in [0, 0.05) is 17.2 Å². The van der Waals surface area contributed by atoms with Crippen LogP contribution in [-0.2, 0) is 12.0 Å². The van der Waals surface area contributed by atoms with Crippen molar-refractivity contribution in [3.05, 3.63) is 41.7 Å². The molecule has 0 aliphatic heterocycles. The lowest BCUT2D eigenvalue weighted by Crippen LogP contribution is -2.19. The molecule has 2 nitrogen and oxygen atoms in total. The SMILES string of the molecule is Cc1ccc(-c2cn(CC(F)(F)F)nc2C(C)(C)C)cc1. The number of hydrogen-bond donors (Lipinski definition) is 0. The molecule has 0 atom stereocenters. The van der Waals surface area contributed by atoms with E-state index in [0.29, 0.717) is 5.69 Å². The van der Waals surface area contributed by atoms with Crippen molar-refractivity contribution in [2.75, 3.05) is 0 Å². The first-order valence-electron chi connectivity index (χ1n) is 6.78. The van der Waals surface area contributed by atoms with E-state index in [1.807, 2.05) is 52.0 Å². The summed E-state index contributed by atoms with van der Waals surface area (Å²) in [7, 11) is 0. The van der Waals surface area contributed by atoms with Crippen molar-refractivity contribution in [2.24, 2.45) is 0 Å². The maximum atomic E-state index is 12.6. The number of alkyl halides is 3. The molecule has 1 aromatic heterocycles. The van der Waals surface area contributed by atoms with Crippen LogP contribution in [0.4, 0.5) is 13.2 Å². The topological polar surface area (TPSA) is 17.8 Å². The summed E-state index contributed by atoms with van der Waals surface area (Å²) in [6.45, 7) is 6.75. The maximum absolute atomic E-state index is 12.6. The Morgan fingerprint density at radius 2 is 1.62 bits per heavy atom. The number of halogens is 3. The Morgan fingerprint density at radius 1 is 1.05 bits per heavy atom. The second kappa shape index (κ2) is 5.20. The number of nitrogens with zero attached hydrogens (tertiary/aromatic N) is 2. The van der Waals surface area contributed by atoms with Crippen molar-refractivity contribution in [1.29, 1.82) is 0 Å². The van der Waals surface area contributed by atoms with E-state index >= 15 is 0 Å². The molecule has 0 N–H and O–H groups in total. The van der Waals surface area contributed by atoms with Crippen LogP contribution in [0.15, 0.2) is 30.5 Å². The summed E-state index contributed by atoms with van der Waals surface area (Å²) in [4.78, 5) is 0. The van der Waals surface area contributed by atoms with Gasteiger partial charge in [0.1, 0.15) is 6.54 Å². The fraction of sp³-hybridized carbons (Fsp3) is 0.438. The summed E-state index contributed by atoms with van der Waals surface area (Å²) < 4.78 is 38.7. The second-order valence-electron chi connectivity index (χ2n) is 6.32. The van der Waals surface area contributed by atoms with Crippen LogP contribution in [0.2, 0.25) is 0 Å². The van der Waals surface area contributed by atoms with Crippen LogP contribution in [0.1, 0.15) is 32.0 Å². The summed E-state index contributed by atoms with van der Waals surface area (Å²) in [6, 6.07) is 7.73. The zero-order valence-electron chi connectivity index (χ0n) is 12.6. The summed E-state index contributed by atoms with van der Waals surface area (Å²) in [6.07, 6.45) is -2.79. The number of aryl methyl sites for hydroxylation is 1. The van der Waals surface area contributed by atoms with E-state index in [4.69, 9.17) is 0 Å². The fourth-order valence-electron chi connectivity index (χ4n) is 2.18. The Balaban J connectivity index is 2.50. The number of benzene rings is 1. The van der Waals surface area contributed by atoms with E-state index in [1.54, 1.807) is 0 Å². The highest BCUT2D eigenvalue weighted by Gasteiger charge is 2.30. The molecule has 2 aromatic rings. The van der Waals surface area contributed by atoms with Crippen molar-refractivity contribution < 1.29 is 13.2 Å². The third kappa shape index (κ3) is 3.86. The molecule has 0 fully saturated rings. The predicted octanol–water partition coefficient (Wildman–Crippen LogP) is 4.72. The van der Waals surface area contributed by atoms with Crippen LogP contribution in [0.5, 0.6) is 0 Å². The van der Waals surface area contributed by atoms with Crippen molar-refractivity contribution in [1.82, 2.24) is 9.78 Å². The highest BCUT2D eigenvalue weighted by Crippen LogP contribution is 2.32. The molecule has 21 heavy (non-hydrogen) atoms. The molecule has 0 saturated heterocycles. The van der Waals surface area contributed by atoms with Gasteiger partial charge in [-0.1, -0.05) is 50.6 Å². The van der Waals surface area contributed by atoms with Gasteiger partial charge in [-0.2, -0.15) is 18.3 Å². The molecule has 0 amide bonds. The predicted molar refractivity (Wildman–Crippen MR) is 77.2 cm³/mol. The fourth-order valence-corrected chi connectivity index (χ4v) is 2.18. The summed E-state index contributed by atoms with van der Waals surface area (Å²) in [5.41, 5.74) is 3.11. The van der Waals surface area contributed by atoms with E-state index in [0.717, 1.165) is 21.4 Å². The third-order valence-electron chi connectivity index (χ3n) is 3.18. The van der Waals surface area contributed by atoms with Gasteiger partial charge in [0.15, 0.2) is 0 Å². The van der Waals surface area contributed by atoms with Crippen LogP contribution < -0.4 is 0 Å². The van der Waals surface area contributed by atoms with E-state index in [1.165, 1.54) is 6.20 Å². The van der Waals surface area contributed by atoms with Crippen LogP contribution in [0, 0.1) is 6.92 Å². The normalized spacial score (nSPS) is 12.7. The average Bonchev–Trinajstić information content (AvgIpc) is 2.71. The van der Waals surface area contributed by atoms with E-state index < -0.39 is 12.7 Å². The van der Waals surface area contributed by atoms with Gasteiger partial charge >= 0.3 is 6.18 Å². The monoisotopic (exact) mass is 296 g/mol. The second-order valence-corrected chi connectivity index (χ2v) is 6.32. The largest absolute Gasteiger partial charge is 0.408 e. The van der Waals surface area contributed by atoms with Gasteiger partial charge in [0.05, 0.1) is 5.69 Å². The van der Waals surface area contributed by atoms with Crippen LogP contribution >= 0.6 is 0 Å². The summed E-state index contributed by atoms with van der Waals surface area (Å²) in [5.74, 6) is 0. The molecule has 5 heteroatoms. The van der Waals surface area contributed by atoms with E-state index in [2.05, 4.69) is 5.10 Å². The smallest absolute Gasteiger partial charge is 0.263 e. The lowest BCUT2D eigenvalue weighted by Gasteiger charge is -2.17. The molecule has 114 valence electrons. The minimum atomic E-state index is -4.27. The quantitative estimate of drug-likeness (QED) is 0.784. The van der Waals surface area contributed by atoms with E-state index in [-0.39, 0.29) is 5.41 Å². The molecule has 1 heterocycles. The minimum absolute atomic E-state index is 0.322. The first-order chi connectivity index (χ1) is 9.56. The molecule has 0 spiro atoms. The molecule has 0 aliphatic rings. The van der Waals surface area contributed by atoms with Crippen LogP contribution in [0.25, 0.3) is 11.1 Å².